The summed E-state index contributed by atoms with van der Waals surface area (Å²) in [5.41, 5.74) is 0. The fourth-order valence-corrected chi connectivity index (χ4v) is 2.30. The fraction of sp³-hybridized carbons (Fsp3) is 1.00. The molecule has 114 valence electrons. The van der Waals surface area contributed by atoms with E-state index in [1.807, 2.05) is 0 Å². The van der Waals surface area contributed by atoms with Crippen LogP contribution in [0.2, 0.25) is 0 Å². The quantitative estimate of drug-likeness (QED) is 0.567. The van der Waals surface area contributed by atoms with E-state index in [0.717, 1.165) is 39.2 Å². The van der Waals surface area contributed by atoms with E-state index in [2.05, 4.69) is 30.7 Å². The van der Waals surface area contributed by atoms with Crippen LogP contribution in [0.3, 0.4) is 0 Å². The van der Waals surface area contributed by atoms with Crippen molar-refractivity contribution in [1.29, 1.82) is 0 Å². The van der Waals surface area contributed by atoms with Crippen LogP contribution in [0, 0.1) is 0 Å². The highest BCUT2D eigenvalue weighted by Gasteiger charge is 2.12. The largest absolute Gasteiger partial charge is 0.380 e. The number of rotatable bonds is 10. The van der Waals surface area contributed by atoms with Gasteiger partial charge in [-0.15, -0.1) is 0 Å². The van der Waals surface area contributed by atoms with Gasteiger partial charge in [0.15, 0.2) is 0 Å². The molecule has 0 bridgehead atoms. The lowest BCUT2D eigenvalue weighted by atomic mass is 10.2. The second kappa shape index (κ2) is 10.6. The minimum Gasteiger partial charge on any atom is -0.380 e. The van der Waals surface area contributed by atoms with Crippen molar-refractivity contribution in [2.24, 2.45) is 0 Å². The molecule has 19 heavy (non-hydrogen) atoms. The Morgan fingerprint density at radius 2 is 1.79 bits per heavy atom. The van der Waals surface area contributed by atoms with Crippen LogP contribution in [0.4, 0.5) is 0 Å². The standard InChI is InChI=1S/C15H32N2O2/c1-4-6-15(2)19-13-5-12-18-14-11-17-9-7-16(3)8-10-17/h15H,4-14H2,1-3H3. The summed E-state index contributed by atoms with van der Waals surface area (Å²) >= 11 is 0. The minimum absolute atomic E-state index is 0.398. The van der Waals surface area contributed by atoms with Gasteiger partial charge in [0, 0.05) is 45.9 Å². The van der Waals surface area contributed by atoms with Gasteiger partial charge in [-0.05, 0) is 26.8 Å². The van der Waals surface area contributed by atoms with E-state index < -0.39 is 0 Å². The van der Waals surface area contributed by atoms with Crippen LogP contribution in [-0.2, 0) is 9.47 Å². The molecule has 1 atom stereocenters. The molecule has 1 saturated heterocycles. The van der Waals surface area contributed by atoms with Gasteiger partial charge in [0.2, 0.25) is 0 Å². The zero-order chi connectivity index (χ0) is 13.9. The summed E-state index contributed by atoms with van der Waals surface area (Å²) in [6.07, 6.45) is 3.76. The predicted molar refractivity (Wildman–Crippen MR) is 79.7 cm³/mol. The van der Waals surface area contributed by atoms with Crippen molar-refractivity contribution >= 4 is 0 Å². The maximum Gasteiger partial charge on any atom is 0.0593 e. The van der Waals surface area contributed by atoms with Crippen molar-refractivity contribution < 1.29 is 9.47 Å². The third-order valence-corrected chi connectivity index (χ3v) is 3.68. The molecule has 0 aromatic heterocycles. The Hall–Kier alpha value is -0.160. The van der Waals surface area contributed by atoms with E-state index in [-0.39, 0.29) is 0 Å². The summed E-state index contributed by atoms with van der Waals surface area (Å²) < 4.78 is 11.4. The first-order valence-corrected chi connectivity index (χ1v) is 7.82. The van der Waals surface area contributed by atoms with Crippen molar-refractivity contribution in [3.8, 4) is 0 Å². The van der Waals surface area contributed by atoms with Gasteiger partial charge in [0.25, 0.3) is 0 Å². The van der Waals surface area contributed by atoms with Gasteiger partial charge in [-0.1, -0.05) is 13.3 Å². The molecule has 1 fully saturated rings. The van der Waals surface area contributed by atoms with Crippen molar-refractivity contribution in [2.45, 2.75) is 39.2 Å². The fourth-order valence-electron chi connectivity index (χ4n) is 2.30. The monoisotopic (exact) mass is 272 g/mol. The summed E-state index contributed by atoms with van der Waals surface area (Å²) in [5.74, 6) is 0. The van der Waals surface area contributed by atoms with Gasteiger partial charge in [-0.25, -0.2) is 0 Å². The number of hydrogen-bond acceptors (Lipinski definition) is 4. The number of ether oxygens (including phenoxy) is 2. The molecule has 0 amide bonds. The first-order valence-electron chi connectivity index (χ1n) is 7.82. The first-order chi connectivity index (χ1) is 9.22. The second-order valence-corrected chi connectivity index (χ2v) is 5.58. The molecule has 0 N–H and O–H groups in total. The van der Waals surface area contributed by atoms with Gasteiger partial charge in [0.05, 0.1) is 12.7 Å². The van der Waals surface area contributed by atoms with Crippen molar-refractivity contribution in [2.75, 3.05) is 59.6 Å². The maximum absolute atomic E-state index is 5.69. The van der Waals surface area contributed by atoms with E-state index >= 15 is 0 Å². The molecule has 4 nitrogen and oxygen atoms in total. The second-order valence-electron chi connectivity index (χ2n) is 5.58. The molecule has 0 aromatic carbocycles. The SMILES string of the molecule is CCCC(C)OCCCOCCN1CCN(C)CC1. The molecule has 1 heterocycles. The van der Waals surface area contributed by atoms with E-state index in [0.29, 0.717) is 6.10 Å². The third-order valence-electron chi connectivity index (χ3n) is 3.68. The molecule has 4 heteroatoms. The molecule has 0 aromatic rings. The third kappa shape index (κ3) is 8.58. The van der Waals surface area contributed by atoms with Gasteiger partial charge in [-0.3, -0.25) is 4.90 Å². The highest BCUT2D eigenvalue weighted by Crippen LogP contribution is 2.01. The average Bonchev–Trinajstić information content (AvgIpc) is 2.40. The first kappa shape index (κ1) is 16.9. The van der Waals surface area contributed by atoms with Gasteiger partial charge in [0.1, 0.15) is 0 Å². The van der Waals surface area contributed by atoms with Crippen molar-refractivity contribution in [3.63, 3.8) is 0 Å². The lowest BCUT2D eigenvalue weighted by Gasteiger charge is -2.32. The lowest BCUT2D eigenvalue weighted by molar-refractivity contribution is 0.0320. The molecule has 1 aliphatic heterocycles. The summed E-state index contributed by atoms with van der Waals surface area (Å²) in [5, 5.41) is 0. The number of likely N-dealkylation sites (N-methyl/N-ethyl adjacent to an activating group) is 1. The molecule has 1 rings (SSSR count). The number of hydrogen-bond donors (Lipinski definition) is 0. The van der Waals surface area contributed by atoms with E-state index in [9.17, 15) is 0 Å². The smallest absolute Gasteiger partial charge is 0.0593 e. The van der Waals surface area contributed by atoms with E-state index in [4.69, 9.17) is 9.47 Å². The van der Waals surface area contributed by atoms with Crippen LogP contribution in [0.5, 0.6) is 0 Å². The highest BCUT2D eigenvalue weighted by molar-refractivity contribution is 4.68. The summed E-state index contributed by atoms with van der Waals surface area (Å²) in [7, 11) is 2.19. The van der Waals surface area contributed by atoms with E-state index in [1.54, 1.807) is 0 Å². The normalized spacial score (nSPS) is 19.7. The Bertz CT molecular complexity index is 206. The summed E-state index contributed by atoms with van der Waals surface area (Å²) in [6, 6.07) is 0. The molecule has 0 aliphatic carbocycles. The molecular weight excluding hydrogens is 240 g/mol. The molecule has 1 aliphatic rings. The Kier molecular flexibility index (Phi) is 9.43. The topological polar surface area (TPSA) is 24.9 Å². The van der Waals surface area contributed by atoms with Crippen LogP contribution in [0.15, 0.2) is 0 Å². The molecular formula is C15H32N2O2. The molecule has 0 saturated carbocycles. The van der Waals surface area contributed by atoms with Crippen molar-refractivity contribution in [1.82, 2.24) is 9.80 Å². The summed E-state index contributed by atoms with van der Waals surface area (Å²) in [4.78, 5) is 4.87. The van der Waals surface area contributed by atoms with Gasteiger partial charge in [-0.2, -0.15) is 0 Å². The molecule has 1 unspecified atom stereocenters. The maximum atomic E-state index is 5.69. The van der Waals surface area contributed by atoms with E-state index in [1.165, 1.54) is 32.6 Å². The Morgan fingerprint density at radius 1 is 1.05 bits per heavy atom. The number of piperazine rings is 1. The molecule has 0 radical (unpaired) electrons. The summed E-state index contributed by atoms with van der Waals surface area (Å²) in [6.45, 7) is 12.7. The molecule has 0 spiro atoms. The van der Waals surface area contributed by atoms with Crippen LogP contribution in [0.1, 0.15) is 33.1 Å². The minimum atomic E-state index is 0.398. The average molecular weight is 272 g/mol. The Balaban J connectivity index is 1.83. The van der Waals surface area contributed by atoms with Crippen LogP contribution >= 0.6 is 0 Å². The van der Waals surface area contributed by atoms with Crippen molar-refractivity contribution in [3.05, 3.63) is 0 Å². The van der Waals surface area contributed by atoms with Crippen LogP contribution in [-0.4, -0.2) is 75.5 Å². The van der Waals surface area contributed by atoms with Crippen LogP contribution < -0.4 is 0 Å². The van der Waals surface area contributed by atoms with Crippen LogP contribution in [0.25, 0.3) is 0 Å². The Morgan fingerprint density at radius 3 is 2.47 bits per heavy atom. The predicted octanol–water partition coefficient (Wildman–Crippen LogP) is 1.85. The number of nitrogens with zero attached hydrogens (tertiary/aromatic N) is 2. The van der Waals surface area contributed by atoms with Gasteiger partial charge < -0.3 is 14.4 Å². The zero-order valence-corrected chi connectivity index (χ0v) is 13.1. The Labute approximate surface area is 119 Å². The highest BCUT2D eigenvalue weighted by atomic mass is 16.5. The lowest BCUT2D eigenvalue weighted by Crippen LogP contribution is -2.45. The van der Waals surface area contributed by atoms with Gasteiger partial charge >= 0.3 is 0 Å². The zero-order valence-electron chi connectivity index (χ0n) is 13.1.